The van der Waals surface area contributed by atoms with Crippen LogP contribution in [0.5, 0.6) is 0 Å². The van der Waals surface area contributed by atoms with Crippen LogP contribution in [0, 0.1) is 0 Å². The van der Waals surface area contributed by atoms with E-state index in [2.05, 4.69) is 30.6 Å². The van der Waals surface area contributed by atoms with Crippen molar-refractivity contribution in [2.24, 2.45) is 0 Å². The lowest BCUT2D eigenvalue weighted by molar-refractivity contribution is 0.0652. The molecule has 0 atom stereocenters. The zero-order valence-corrected chi connectivity index (χ0v) is 8.93. The van der Waals surface area contributed by atoms with Crippen LogP contribution in [0.25, 0.3) is 11.4 Å². The van der Waals surface area contributed by atoms with Gasteiger partial charge in [0.2, 0.25) is 5.76 Å². The highest BCUT2D eigenvalue weighted by molar-refractivity contribution is 9.10. The molecule has 0 saturated carbocycles. The molecule has 2 heterocycles. The number of carboxylic acids is 1. The van der Waals surface area contributed by atoms with E-state index in [4.69, 9.17) is 5.11 Å². The second-order valence-electron chi connectivity index (χ2n) is 2.72. The molecule has 0 bridgehead atoms. The van der Waals surface area contributed by atoms with Gasteiger partial charge in [0, 0.05) is 16.7 Å². The fraction of sp³-hybridized carbons (Fsp3) is 0. The van der Waals surface area contributed by atoms with Crippen molar-refractivity contribution in [3.8, 4) is 11.4 Å². The quantitative estimate of drug-likeness (QED) is 0.904. The number of hydrogen-bond acceptors (Lipinski definition) is 4. The van der Waals surface area contributed by atoms with Crippen LogP contribution < -0.4 is 0 Å². The van der Waals surface area contributed by atoms with E-state index in [9.17, 15) is 4.79 Å². The van der Waals surface area contributed by atoms with Crippen molar-refractivity contribution < 1.29 is 14.4 Å². The van der Waals surface area contributed by atoms with Gasteiger partial charge in [0.1, 0.15) is 11.4 Å². The summed E-state index contributed by atoms with van der Waals surface area (Å²) in [6.45, 7) is 0. The average Bonchev–Trinajstić information content (AvgIpc) is 2.67. The number of carbonyl (C=O) groups is 1. The number of halogens is 1. The molecule has 0 amide bonds. The second-order valence-corrected chi connectivity index (χ2v) is 3.57. The minimum Gasteiger partial charge on any atom is -0.475 e. The summed E-state index contributed by atoms with van der Waals surface area (Å²) in [7, 11) is 0. The van der Waals surface area contributed by atoms with Crippen molar-refractivity contribution in [1.29, 1.82) is 0 Å². The van der Waals surface area contributed by atoms with Gasteiger partial charge in [-0.1, -0.05) is 5.16 Å². The van der Waals surface area contributed by atoms with Crippen LogP contribution in [0.2, 0.25) is 0 Å². The van der Waals surface area contributed by atoms with Crippen LogP contribution in [0.3, 0.4) is 0 Å². The maximum Gasteiger partial charge on any atom is 0.374 e. The number of aromatic carboxylic acids is 1. The molecule has 0 radical (unpaired) electrons. The molecule has 0 aliphatic rings. The molecule has 2 rings (SSSR count). The van der Waals surface area contributed by atoms with Crippen molar-refractivity contribution >= 4 is 21.9 Å². The summed E-state index contributed by atoms with van der Waals surface area (Å²) in [5.74, 6) is -1.36. The van der Waals surface area contributed by atoms with E-state index in [1.54, 1.807) is 18.3 Å². The highest BCUT2D eigenvalue weighted by Crippen LogP contribution is 2.24. The minimum absolute atomic E-state index is 0.206. The summed E-state index contributed by atoms with van der Waals surface area (Å²) in [5.41, 5.74) is 0.939. The van der Waals surface area contributed by atoms with Crippen LogP contribution in [0.4, 0.5) is 0 Å². The summed E-state index contributed by atoms with van der Waals surface area (Å²) < 4.78 is 5.36. The predicted octanol–water partition coefficient (Wildman–Crippen LogP) is 2.20. The number of aromatic nitrogens is 2. The Bertz CT molecular complexity index is 510. The fourth-order valence-corrected chi connectivity index (χ4v) is 1.52. The molecule has 15 heavy (non-hydrogen) atoms. The van der Waals surface area contributed by atoms with E-state index in [1.165, 1.54) is 6.07 Å². The Morgan fingerprint density at radius 1 is 1.53 bits per heavy atom. The molecule has 0 aromatic carbocycles. The number of carboxylic acid groups (broad SMARTS) is 1. The van der Waals surface area contributed by atoms with Crippen molar-refractivity contribution in [2.75, 3.05) is 0 Å². The summed E-state index contributed by atoms with van der Waals surface area (Å²) in [5, 5.41) is 12.3. The lowest BCUT2D eigenvalue weighted by atomic mass is 10.2. The second kappa shape index (κ2) is 3.82. The minimum atomic E-state index is -1.15. The van der Waals surface area contributed by atoms with Crippen LogP contribution in [0.1, 0.15) is 10.6 Å². The smallest absolute Gasteiger partial charge is 0.374 e. The van der Waals surface area contributed by atoms with Crippen molar-refractivity contribution in [3.05, 3.63) is 34.6 Å². The molecule has 2 aromatic rings. The standard InChI is InChI=1S/C9H5BrN2O3/c10-5-2-1-3-11-8(5)6-4-7(9(13)14)15-12-6/h1-4H,(H,13,14). The molecule has 76 valence electrons. The summed E-state index contributed by atoms with van der Waals surface area (Å²) in [6.07, 6.45) is 1.59. The van der Waals surface area contributed by atoms with Gasteiger partial charge in [0.05, 0.1) is 0 Å². The molecule has 0 spiro atoms. The van der Waals surface area contributed by atoms with E-state index in [-0.39, 0.29) is 5.76 Å². The molecule has 0 saturated heterocycles. The lowest BCUT2D eigenvalue weighted by Crippen LogP contribution is -1.91. The first-order valence-corrected chi connectivity index (χ1v) is 4.78. The van der Waals surface area contributed by atoms with Gasteiger partial charge in [0.25, 0.3) is 0 Å². The number of rotatable bonds is 2. The van der Waals surface area contributed by atoms with Crippen molar-refractivity contribution in [2.45, 2.75) is 0 Å². The monoisotopic (exact) mass is 268 g/mol. The van der Waals surface area contributed by atoms with E-state index in [1.807, 2.05) is 0 Å². The third kappa shape index (κ3) is 1.89. The first-order valence-electron chi connectivity index (χ1n) is 3.99. The molecule has 6 heteroatoms. The van der Waals surface area contributed by atoms with E-state index in [0.717, 1.165) is 4.47 Å². The summed E-state index contributed by atoms with van der Waals surface area (Å²) in [4.78, 5) is 14.6. The first-order chi connectivity index (χ1) is 7.18. The molecule has 0 aliphatic carbocycles. The topological polar surface area (TPSA) is 76.2 Å². The van der Waals surface area contributed by atoms with Gasteiger partial charge in [-0.3, -0.25) is 4.98 Å². The van der Waals surface area contributed by atoms with Gasteiger partial charge in [0.15, 0.2) is 0 Å². The summed E-state index contributed by atoms with van der Waals surface area (Å²) in [6, 6.07) is 4.87. The van der Waals surface area contributed by atoms with Crippen LogP contribution >= 0.6 is 15.9 Å². The molecule has 0 unspecified atom stereocenters. The maximum absolute atomic E-state index is 10.6. The van der Waals surface area contributed by atoms with Gasteiger partial charge in [-0.05, 0) is 28.1 Å². The van der Waals surface area contributed by atoms with Crippen LogP contribution in [-0.2, 0) is 0 Å². The van der Waals surface area contributed by atoms with Gasteiger partial charge < -0.3 is 9.63 Å². The Balaban J connectivity index is 2.46. The van der Waals surface area contributed by atoms with Crippen LogP contribution in [0.15, 0.2) is 33.4 Å². The van der Waals surface area contributed by atoms with Gasteiger partial charge >= 0.3 is 5.97 Å². The van der Waals surface area contributed by atoms with E-state index < -0.39 is 5.97 Å². The highest BCUT2D eigenvalue weighted by atomic mass is 79.9. The normalized spacial score (nSPS) is 10.2. The SMILES string of the molecule is O=C(O)c1cc(-c2ncccc2Br)no1. The molecule has 0 fully saturated rings. The molecule has 1 N–H and O–H groups in total. The fourth-order valence-electron chi connectivity index (χ4n) is 1.06. The predicted molar refractivity (Wildman–Crippen MR) is 54.4 cm³/mol. The third-order valence-electron chi connectivity index (χ3n) is 1.72. The Morgan fingerprint density at radius 3 is 2.93 bits per heavy atom. The van der Waals surface area contributed by atoms with E-state index in [0.29, 0.717) is 11.4 Å². The van der Waals surface area contributed by atoms with Gasteiger partial charge in [-0.25, -0.2) is 4.79 Å². The molecule has 2 aromatic heterocycles. The first kappa shape index (κ1) is 9.85. The molecule has 5 nitrogen and oxygen atoms in total. The Labute approximate surface area is 92.9 Å². The van der Waals surface area contributed by atoms with Gasteiger partial charge in [-0.2, -0.15) is 0 Å². The van der Waals surface area contributed by atoms with Gasteiger partial charge in [-0.15, -0.1) is 0 Å². The van der Waals surface area contributed by atoms with Crippen molar-refractivity contribution in [1.82, 2.24) is 10.1 Å². The van der Waals surface area contributed by atoms with E-state index >= 15 is 0 Å². The number of nitrogens with zero attached hydrogens (tertiary/aromatic N) is 2. The Hall–Kier alpha value is -1.69. The number of pyridine rings is 1. The largest absolute Gasteiger partial charge is 0.475 e. The van der Waals surface area contributed by atoms with Crippen LogP contribution in [-0.4, -0.2) is 21.2 Å². The third-order valence-corrected chi connectivity index (χ3v) is 2.36. The zero-order valence-electron chi connectivity index (χ0n) is 7.35. The summed E-state index contributed by atoms with van der Waals surface area (Å²) >= 11 is 3.29. The maximum atomic E-state index is 10.6. The zero-order chi connectivity index (χ0) is 10.8. The molecular weight excluding hydrogens is 264 g/mol. The average molecular weight is 269 g/mol. The Kier molecular flexibility index (Phi) is 2.51. The highest BCUT2D eigenvalue weighted by Gasteiger charge is 2.14. The number of hydrogen-bond donors (Lipinski definition) is 1. The van der Waals surface area contributed by atoms with Crippen molar-refractivity contribution in [3.63, 3.8) is 0 Å². The molecule has 0 aliphatic heterocycles. The lowest BCUT2D eigenvalue weighted by Gasteiger charge is -1.95. The Morgan fingerprint density at radius 2 is 2.33 bits per heavy atom. The molecular formula is C9H5BrN2O3.